The van der Waals surface area contributed by atoms with Gasteiger partial charge in [-0.3, -0.25) is 9.59 Å². The Labute approximate surface area is 176 Å². The topological polar surface area (TPSA) is 115 Å². The summed E-state index contributed by atoms with van der Waals surface area (Å²) >= 11 is 0. The highest BCUT2D eigenvalue weighted by atomic mass is 16.2. The Hall–Kier alpha value is -2.95. The van der Waals surface area contributed by atoms with Gasteiger partial charge in [0.15, 0.2) is 5.65 Å². The van der Waals surface area contributed by atoms with E-state index < -0.39 is 11.5 Å². The first-order chi connectivity index (χ1) is 14.3. The number of nitrogens with one attached hydrogen (secondary N) is 2. The van der Waals surface area contributed by atoms with Gasteiger partial charge < -0.3 is 15.2 Å². The Morgan fingerprint density at radius 2 is 2.10 bits per heavy atom. The summed E-state index contributed by atoms with van der Waals surface area (Å²) in [6.07, 6.45) is 7.19. The molecule has 1 aliphatic carbocycles. The summed E-state index contributed by atoms with van der Waals surface area (Å²) in [4.78, 5) is 40.2. The van der Waals surface area contributed by atoms with Crippen LogP contribution in [0.25, 0.3) is 11.2 Å². The number of likely N-dealkylation sites (tertiary alicyclic amines) is 1. The molecule has 3 heterocycles. The van der Waals surface area contributed by atoms with Crippen molar-refractivity contribution in [2.75, 3.05) is 13.1 Å². The third-order valence-electron chi connectivity index (χ3n) is 5.94. The fraction of sp³-hybridized carbons (Fsp3) is 0.591. The summed E-state index contributed by atoms with van der Waals surface area (Å²) in [5, 5.41) is 12.2. The first-order valence-corrected chi connectivity index (χ1v) is 10.6. The van der Waals surface area contributed by atoms with Crippen molar-refractivity contribution < 1.29 is 9.59 Å². The minimum absolute atomic E-state index is 0.139. The van der Waals surface area contributed by atoms with Crippen LogP contribution >= 0.6 is 0 Å². The Morgan fingerprint density at radius 3 is 2.77 bits per heavy atom. The molecule has 0 aromatic carbocycles. The summed E-state index contributed by atoms with van der Waals surface area (Å²) in [5.74, 6) is -0.196. The van der Waals surface area contributed by atoms with E-state index in [4.69, 9.17) is 0 Å². The minimum atomic E-state index is -0.702. The molecule has 8 heteroatoms. The van der Waals surface area contributed by atoms with Crippen LogP contribution in [0, 0.1) is 22.7 Å². The number of aromatic amines is 1. The van der Waals surface area contributed by atoms with Crippen LogP contribution in [0.5, 0.6) is 0 Å². The van der Waals surface area contributed by atoms with Gasteiger partial charge >= 0.3 is 0 Å². The van der Waals surface area contributed by atoms with Gasteiger partial charge in [-0.2, -0.15) is 5.26 Å². The molecule has 30 heavy (non-hydrogen) atoms. The molecule has 1 saturated carbocycles. The number of nitrogens with zero attached hydrogens (tertiary/aromatic N) is 4. The van der Waals surface area contributed by atoms with Crippen molar-refractivity contribution in [3.63, 3.8) is 0 Å². The van der Waals surface area contributed by atoms with Crippen LogP contribution in [0.15, 0.2) is 12.4 Å². The molecule has 2 N–H and O–H groups in total. The molecule has 0 radical (unpaired) electrons. The van der Waals surface area contributed by atoms with E-state index in [1.807, 2.05) is 20.8 Å². The number of H-pyrrole nitrogens is 1. The van der Waals surface area contributed by atoms with Crippen molar-refractivity contribution in [2.24, 2.45) is 11.3 Å². The number of fused-ring (bicyclic) bond motifs is 1. The highest BCUT2D eigenvalue weighted by Crippen LogP contribution is 2.39. The monoisotopic (exact) mass is 408 g/mol. The summed E-state index contributed by atoms with van der Waals surface area (Å²) in [7, 11) is 0. The maximum absolute atomic E-state index is 13.3. The third-order valence-corrected chi connectivity index (χ3v) is 5.94. The number of carbonyl (C=O) groups is 2. The number of amides is 2. The molecule has 158 valence electrons. The molecular weight excluding hydrogens is 380 g/mol. The first kappa shape index (κ1) is 20.3. The van der Waals surface area contributed by atoms with Gasteiger partial charge in [0.25, 0.3) is 5.91 Å². The van der Waals surface area contributed by atoms with Crippen LogP contribution in [0.3, 0.4) is 0 Å². The SMILES string of the molecule is CC(C)(C)C(NC(=O)c1c[nH]c2ncc(C3CC3)nc12)C(=O)N1CCC[C@@H](C#N)C1. The van der Waals surface area contributed by atoms with E-state index in [2.05, 4.69) is 26.3 Å². The van der Waals surface area contributed by atoms with Gasteiger partial charge in [-0.25, -0.2) is 9.97 Å². The van der Waals surface area contributed by atoms with Crippen LogP contribution in [0.2, 0.25) is 0 Å². The summed E-state index contributed by atoms with van der Waals surface area (Å²) in [6, 6.07) is 1.57. The fourth-order valence-electron chi connectivity index (χ4n) is 3.98. The molecule has 0 bridgehead atoms. The van der Waals surface area contributed by atoms with Gasteiger partial charge in [0, 0.05) is 25.2 Å². The Balaban J connectivity index is 1.57. The lowest BCUT2D eigenvalue weighted by Crippen LogP contribution is -2.56. The summed E-state index contributed by atoms with van der Waals surface area (Å²) < 4.78 is 0. The predicted octanol–water partition coefficient (Wildman–Crippen LogP) is 2.74. The largest absolute Gasteiger partial charge is 0.344 e. The molecular formula is C22H28N6O2. The molecule has 2 aromatic rings. The maximum atomic E-state index is 13.3. The van der Waals surface area contributed by atoms with Crippen molar-refractivity contribution in [2.45, 2.75) is 58.4 Å². The molecule has 0 spiro atoms. The van der Waals surface area contributed by atoms with Gasteiger partial charge in [0.05, 0.1) is 29.4 Å². The molecule has 1 unspecified atom stereocenters. The van der Waals surface area contributed by atoms with Crippen LogP contribution in [0.1, 0.15) is 68.4 Å². The Kier molecular flexibility index (Phi) is 5.22. The zero-order valence-electron chi connectivity index (χ0n) is 17.7. The quantitative estimate of drug-likeness (QED) is 0.807. The van der Waals surface area contributed by atoms with Crippen molar-refractivity contribution in [1.82, 2.24) is 25.2 Å². The highest BCUT2D eigenvalue weighted by molar-refractivity contribution is 6.06. The van der Waals surface area contributed by atoms with Crippen molar-refractivity contribution in [1.29, 1.82) is 5.26 Å². The number of aromatic nitrogens is 3. The lowest BCUT2D eigenvalue weighted by atomic mass is 9.85. The minimum Gasteiger partial charge on any atom is -0.344 e. The average Bonchev–Trinajstić information content (AvgIpc) is 3.49. The Morgan fingerprint density at radius 1 is 1.33 bits per heavy atom. The number of nitriles is 1. The summed E-state index contributed by atoms with van der Waals surface area (Å²) in [5.41, 5.74) is 1.94. The second-order valence-electron chi connectivity index (χ2n) is 9.49. The first-order valence-electron chi connectivity index (χ1n) is 10.6. The van der Waals surface area contributed by atoms with Crippen LogP contribution in [-0.4, -0.2) is 50.8 Å². The van der Waals surface area contributed by atoms with Crippen molar-refractivity contribution in [3.05, 3.63) is 23.7 Å². The maximum Gasteiger partial charge on any atom is 0.255 e. The normalized spacial score (nSPS) is 20.6. The molecule has 1 saturated heterocycles. The number of carbonyl (C=O) groups excluding carboxylic acids is 2. The van der Waals surface area contributed by atoms with Crippen molar-refractivity contribution >= 4 is 23.0 Å². The number of hydrogen-bond acceptors (Lipinski definition) is 5. The van der Waals surface area contributed by atoms with E-state index in [0.717, 1.165) is 31.4 Å². The number of piperidine rings is 1. The molecule has 2 amide bonds. The van der Waals surface area contributed by atoms with Crippen LogP contribution < -0.4 is 5.32 Å². The van der Waals surface area contributed by atoms with Gasteiger partial charge in [0.1, 0.15) is 11.6 Å². The third kappa shape index (κ3) is 4.02. The van der Waals surface area contributed by atoms with E-state index in [1.165, 1.54) is 0 Å². The molecule has 2 atom stereocenters. The zero-order chi connectivity index (χ0) is 21.5. The number of hydrogen-bond donors (Lipinski definition) is 2. The second kappa shape index (κ2) is 7.71. The van der Waals surface area contributed by atoms with Gasteiger partial charge in [-0.1, -0.05) is 20.8 Å². The molecule has 2 aliphatic rings. The van der Waals surface area contributed by atoms with E-state index >= 15 is 0 Å². The number of rotatable bonds is 4. The van der Waals surface area contributed by atoms with E-state index in [1.54, 1.807) is 17.3 Å². The van der Waals surface area contributed by atoms with Crippen LogP contribution in [-0.2, 0) is 4.79 Å². The zero-order valence-corrected chi connectivity index (χ0v) is 17.7. The van der Waals surface area contributed by atoms with Crippen molar-refractivity contribution in [3.8, 4) is 6.07 Å². The lowest BCUT2D eigenvalue weighted by Gasteiger charge is -2.37. The molecule has 4 rings (SSSR count). The predicted molar refractivity (Wildman–Crippen MR) is 111 cm³/mol. The highest BCUT2D eigenvalue weighted by Gasteiger charge is 2.38. The van der Waals surface area contributed by atoms with E-state index in [9.17, 15) is 14.9 Å². The van der Waals surface area contributed by atoms with E-state index in [0.29, 0.717) is 35.7 Å². The van der Waals surface area contributed by atoms with Gasteiger partial charge in [0.2, 0.25) is 5.91 Å². The molecule has 2 fully saturated rings. The molecule has 2 aromatic heterocycles. The summed E-state index contributed by atoms with van der Waals surface area (Å²) in [6.45, 7) is 6.83. The van der Waals surface area contributed by atoms with E-state index in [-0.39, 0.29) is 17.7 Å². The standard InChI is InChI=1S/C22H28N6O2/c1-22(2,3)18(21(30)28-8-4-5-13(9-23)12-28)27-20(29)15-10-24-19-17(15)26-16(11-25-19)14-6-7-14/h10-11,13-14,18H,4-8,12H2,1-3H3,(H,24,25)(H,27,29)/t13-,18?/m0/s1. The fourth-order valence-corrected chi connectivity index (χ4v) is 3.98. The molecule has 1 aliphatic heterocycles. The van der Waals surface area contributed by atoms with Gasteiger partial charge in [-0.05, 0) is 31.1 Å². The van der Waals surface area contributed by atoms with Crippen LogP contribution in [0.4, 0.5) is 0 Å². The molecule has 8 nitrogen and oxygen atoms in total. The smallest absolute Gasteiger partial charge is 0.255 e. The second-order valence-corrected chi connectivity index (χ2v) is 9.49. The lowest BCUT2D eigenvalue weighted by molar-refractivity contribution is -0.137. The Bertz CT molecular complexity index is 1010. The van der Waals surface area contributed by atoms with Gasteiger partial charge in [-0.15, -0.1) is 0 Å². The average molecular weight is 409 g/mol.